The summed E-state index contributed by atoms with van der Waals surface area (Å²) in [7, 11) is 1.36. The Balaban J connectivity index is 2.05. The van der Waals surface area contributed by atoms with Crippen LogP contribution in [0.3, 0.4) is 0 Å². The maximum atomic E-state index is 12.9. The van der Waals surface area contributed by atoms with E-state index in [4.69, 9.17) is 9.47 Å². The molecule has 0 fully saturated rings. The van der Waals surface area contributed by atoms with E-state index in [1.165, 1.54) is 7.11 Å². The average Bonchev–Trinajstić information content (AvgIpc) is 2.70. The number of benzene rings is 2. The Hall–Kier alpha value is -2.82. The Morgan fingerprint density at radius 3 is 2.25 bits per heavy atom. The van der Waals surface area contributed by atoms with Gasteiger partial charge in [-0.2, -0.15) is 0 Å². The van der Waals surface area contributed by atoms with Gasteiger partial charge in [-0.25, -0.2) is 0 Å². The van der Waals surface area contributed by atoms with Gasteiger partial charge in [0.1, 0.15) is 5.75 Å². The predicted octanol–water partition coefficient (Wildman–Crippen LogP) is 3.56. The van der Waals surface area contributed by atoms with Gasteiger partial charge in [-0.3, -0.25) is 9.59 Å². The van der Waals surface area contributed by atoms with E-state index in [2.05, 4.69) is 0 Å². The van der Waals surface area contributed by atoms with Crippen molar-refractivity contribution in [2.24, 2.45) is 5.92 Å². The van der Waals surface area contributed by atoms with Gasteiger partial charge in [0.05, 0.1) is 13.0 Å². The topological polar surface area (TPSA) is 55.8 Å². The first-order valence-corrected chi connectivity index (χ1v) is 9.51. The van der Waals surface area contributed by atoms with Crippen molar-refractivity contribution in [3.8, 4) is 5.75 Å². The Bertz CT molecular complexity index is 768. The van der Waals surface area contributed by atoms with Crippen molar-refractivity contribution < 1.29 is 19.1 Å². The number of para-hydroxylation sites is 1. The van der Waals surface area contributed by atoms with Crippen molar-refractivity contribution in [3.63, 3.8) is 0 Å². The highest BCUT2D eigenvalue weighted by Crippen LogP contribution is 2.22. The minimum atomic E-state index is -0.398. The lowest BCUT2D eigenvalue weighted by Gasteiger charge is -2.25. The zero-order valence-electron chi connectivity index (χ0n) is 17.1. The molecule has 0 aromatic heterocycles. The van der Waals surface area contributed by atoms with Crippen LogP contribution in [0.15, 0.2) is 48.5 Å². The van der Waals surface area contributed by atoms with Gasteiger partial charge in [0, 0.05) is 13.1 Å². The standard InChI is InChI=1S/C23H29NO4/c1-17-9-8-10-18(2)22(17)28-16-21(25)24(15-19(3)23(26)27-4)14-13-20-11-6-5-7-12-20/h5-12,19H,13-16H2,1-4H3. The minimum Gasteiger partial charge on any atom is -0.483 e. The van der Waals surface area contributed by atoms with Crippen LogP contribution in [0.5, 0.6) is 5.75 Å². The number of rotatable bonds is 9. The fourth-order valence-corrected chi connectivity index (χ4v) is 3.08. The van der Waals surface area contributed by atoms with Gasteiger partial charge >= 0.3 is 5.97 Å². The Kier molecular flexibility index (Phi) is 8.05. The second kappa shape index (κ2) is 10.5. The van der Waals surface area contributed by atoms with Crippen LogP contribution in [-0.2, 0) is 20.7 Å². The first-order valence-electron chi connectivity index (χ1n) is 9.51. The summed E-state index contributed by atoms with van der Waals surface area (Å²) >= 11 is 0. The van der Waals surface area contributed by atoms with Crippen LogP contribution < -0.4 is 4.74 Å². The second-order valence-corrected chi connectivity index (χ2v) is 7.01. The molecule has 5 nitrogen and oxygen atoms in total. The molecule has 0 radical (unpaired) electrons. The molecule has 2 aromatic carbocycles. The van der Waals surface area contributed by atoms with Crippen molar-refractivity contribution in [1.29, 1.82) is 0 Å². The SMILES string of the molecule is COC(=O)C(C)CN(CCc1ccccc1)C(=O)COc1c(C)cccc1C. The molecule has 2 aromatic rings. The number of hydrogen-bond donors (Lipinski definition) is 0. The van der Waals surface area contributed by atoms with Crippen molar-refractivity contribution in [2.75, 3.05) is 26.8 Å². The van der Waals surface area contributed by atoms with E-state index in [1.54, 1.807) is 11.8 Å². The maximum absolute atomic E-state index is 12.9. The smallest absolute Gasteiger partial charge is 0.310 e. The third-order valence-corrected chi connectivity index (χ3v) is 4.71. The monoisotopic (exact) mass is 383 g/mol. The molecule has 0 N–H and O–H groups in total. The molecule has 0 heterocycles. The summed E-state index contributed by atoms with van der Waals surface area (Å²) in [5.41, 5.74) is 3.12. The summed E-state index contributed by atoms with van der Waals surface area (Å²) in [6.07, 6.45) is 0.712. The van der Waals surface area contributed by atoms with Gasteiger partial charge in [-0.1, -0.05) is 55.5 Å². The molecule has 1 atom stereocenters. The number of carbonyl (C=O) groups is 2. The summed E-state index contributed by atoms with van der Waals surface area (Å²) in [5.74, 6) is -0.132. The van der Waals surface area contributed by atoms with E-state index in [0.29, 0.717) is 19.5 Å². The van der Waals surface area contributed by atoms with E-state index in [1.807, 2.05) is 62.4 Å². The van der Waals surface area contributed by atoms with Gasteiger partial charge in [-0.05, 0) is 37.0 Å². The molecule has 1 amide bonds. The fraction of sp³-hybridized carbons (Fsp3) is 0.391. The number of amides is 1. The van der Waals surface area contributed by atoms with Gasteiger partial charge in [0.2, 0.25) is 0 Å². The molecule has 150 valence electrons. The molecule has 0 saturated carbocycles. The predicted molar refractivity (Wildman–Crippen MR) is 109 cm³/mol. The molecule has 2 rings (SSSR count). The highest BCUT2D eigenvalue weighted by molar-refractivity contribution is 5.79. The highest BCUT2D eigenvalue weighted by Gasteiger charge is 2.22. The summed E-state index contributed by atoms with van der Waals surface area (Å²) in [5, 5.41) is 0. The number of esters is 1. The van der Waals surface area contributed by atoms with E-state index < -0.39 is 5.92 Å². The third kappa shape index (κ3) is 6.12. The van der Waals surface area contributed by atoms with Crippen LogP contribution in [0.25, 0.3) is 0 Å². The lowest BCUT2D eigenvalue weighted by molar-refractivity contribution is -0.146. The van der Waals surface area contributed by atoms with Crippen molar-refractivity contribution >= 4 is 11.9 Å². The first-order chi connectivity index (χ1) is 13.4. The van der Waals surface area contributed by atoms with Crippen LogP contribution >= 0.6 is 0 Å². The largest absolute Gasteiger partial charge is 0.483 e. The number of aryl methyl sites for hydroxylation is 2. The van der Waals surface area contributed by atoms with Crippen LogP contribution in [0, 0.1) is 19.8 Å². The molecule has 28 heavy (non-hydrogen) atoms. The molecule has 0 aliphatic rings. The normalized spacial score (nSPS) is 11.6. The summed E-state index contributed by atoms with van der Waals surface area (Å²) in [4.78, 5) is 26.4. The van der Waals surface area contributed by atoms with Crippen molar-refractivity contribution in [2.45, 2.75) is 27.2 Å². The van der Waals surface area contributed by atoms with Crippen LogP contribution in [0.4, 0.5) is 0 Å². The van der Waals surface area contributed by atoms with E-state index >= 15 is 0 Å². The Morgan fingerprint density at radius 2 is 1.64 bits per heavy atom. The van der Waals surface area contributed by atoms with E-state index in [9.17, 15) is 9.59 Å². The van der Waals surface area contributed by atoms with Crippen molar-refractivity contribution in [3.05, 3.63) is 65.2 Å². The molecule has 0 aliphatic heterocycles. The minimum absolute atomic E-state index is 0.0611. The lowest BCUT2D eigenvalue weighted by atomic mass is 10.1. The lowest BCUT2D eigenvalue weighted by Crippen LogP contribution is -2.41. The molecular formula is C23H29NO4. The Morgan fingerprint density at radius 1 is 1.00 bits per heavy atom. The Labute approximate surface area is 167 Å². The van der Waals surface area contributed by atoms with E-state index in [-0.39, 0.29) is 18.5 Å². The first kappa shape index (κ1) is 21.5. The molecule has 5 heteroatoms. The number of carbonyl (C=O) groups excluding carboxylic acids is 2. The zero-order valence-corrected chi connectivity index (χ0v) is 17.1. The molecule has 1 unspecified atom stereocenters. The van der Waals surface area contributed by atoms with Gasteiger partial charge in [-0.15, -0.1) is 0 Å². The summed E-state index contributed by atoms with van der Waals surface area (Å²) < 4.78 is 10.6. The van der Waals surface area contributed by atoms with Crippen LogP contribution in [0.1, 0.15) is 23.6 Å². The number of ether oxygens (including phenoxy) is 2. The second-order valence-electron chi connectivity index (χ2n) is 7.01. The molecule has 0 bridgehead atoms. The van der Waals surface area contributed by atoms with Crippen molar-refractivity contribution in [1.82, 2.24) is 4.90 Å². The van der Waals surface area contributed by atoms with Crippen LogP contribution in [0.2, 0.25) is 0 Å². The number of nitrogens with zero attached hydrogens (tertiary/aromatic N) is 1. The number of hydrogen-bond acceptors (Lipinski definition) is 4. The summed E-state index contributed by atoms with van der Waals surface area (Å²) in [6, 6.07) is 15.8. The van der Waals surface area contributed by atoms with Gasteiger partial charge in [0.25, 0.3) is 5.91 Å². The maximum Gasteiger partial charge on any atom is 0.310 e. The molecular weight excluding hydrogens is 354 g/mol. The number of methoxy groups -OCH3 is 1. The molecule has 0 aliphatic carbocycles. The third-order valence-electron chi connectivity index (χ3n) is 4.71. The van der Waals surface area contributed by atoms with E-state index in [0.717, 1.165) is 22.4 Å². The molecule has 0 spiro atoms. The van der Waals surface area contributed by atoms with Gasteiger partial charge < -0.3 is 14.4 Å². The fourth-order valence-electron chi connectivity index (χ4n) is 3.08. The van der Waals surface area contributed by atoms with Gasteiger partial charge in [0.15, 0.2) is 6.61 Å². The quantitative estimate of drug-likeness (QED) is 0.621. The zero-order chi connectivity index (χ0) is 20.5. The van der Waals surface area contributed by atoms with Crippen LogP contribution in [-0.4, -0.2) is 43.6 Å². The highest BCUT2D eigenvalue weighted by atomic mass is 16.5. The average molecular weight is 383 g/mol. The summed E-state index contributed by atoms with van der Waals surface area (Å²) in [6.45, 7) is 6.43. The molecule has 0 saturated heterocycles.